The second-order valence-corrected chi connectivity index (χ2v) is 6.07. The quantitative estimate of drug-likeness (QED) is 0.941. The molecule has 3 rings (SSSR count). The molecule has 124 valence electrons. The van der Waals surface area contributed by atoms with Gasteiger partial charge in [0.15, 0.2) is 11.5 Å². The lowest BCUT2D eigenvalue weighted by atomic mass is 10.00. The van der Waals surface area contributed by atoms with E-state index in [1.165, 1.54) is 12.4 Å². The van der Waals surface area contributed by atoms with Crippen LogP contribution in [0.3, 0.4) is 0 Å². The van der Waals surface area contributed by atoms with E-state index < -0.39 is 0 Å². The number of aromatic nitrogens is 2. The van der Waals surface area contributed by atoms with E-state index in [1.54, 1.807) is 29.2 Å². The number of benzene rings is 1. The molecule has 1 atom stereocenters. The van der Waals surface area contributed by atoms with Gasteiger partial charge >= 0.3 is 0 Å². The van der Waals surface area contributed by atoms with E-state index in [0.717, 1.165) is 12.8 Å². The number of anilines is 1. The maximum Gasteiger partial charge on any atom is 0.276 e. The summed E-state index contributed by atoms with van der Waals surface area (Å²) < 4.78 is 0. The monoisotopic (exact) mass is 324 g/mol. The first-order chi connectivity index (χ1) is 11.6. The molecule has 2 amide bonds. The van der Waals surface area contributed by atoms with Gasteiger partial charge in [-0.05, 0) is 30.9 Å². The third kappa shape index (κ3) is 3.59. The number of nitrogens with zero attached hydrogens (tertiary/aromatic N) is 3. The molecule has 1 aliphatic heterocycles. The number of nitrogens with one attached hydrogen (secondary N) is 1. The highest BCUT2D eigenvalue weighted by Gasteiger charge is 2.26. The molecule has 0 saturated carbocycles. The zero-order chi connectivity index (χ0) is 16.9. The van der Waals surface area contributed by atoms with E-state index in [4.69, 9.17) is 0 Å². The summed E-state index contributed by atoms with van der Waals surface area (Å²) in [4.78, 5) is 35.2. The summed E-state index contributed by atoms with van der Waals surface area (Å²) in [6.07, 6.45) is 5.05. The summed E-state index contributed by atoms with van der Waals surface area (Å²) in [6.45, 7) is 3.56. The van der Waals surface area contributed by atoms with Crippen LogP contribution in [0.25, 0.3) is 0 Å². The number of carbonyl (C=O) groups excluding carboxylic acids is 2. The van der Waals surface area contributed by atoms with Crippen molar-refractivity contribution in [2.75, 3.05) is 18.4 Å². The fraction of sp³-hybridized carbons (Fsp3) is 0.333. The Morgan fingerprint density at radius 3 is 2.67 bits per heavy atom. The van der Waals surface area contributed by atoms with E-state index in [9.17, 15) is 9.59 Å². The van der Waals surface area contributed by atoms with Crippen LogP contribution >= 0.6 is 0 Å². The van der Waals surface area contributed by atoms with Crippen LogP contribution in [-0.2, 0) is 0 Å². The molecule has 1 fully saturated rings. The van der Waals surface area contributed by atoms with Crippen LogP contribution in [0.1, 0.15) is 40.6 Å². The Balaban J connectivity index is 1.80. The molecule has 1 aromatic heterocycles. The van der Waals surface area contributed by atoms with Gasteiger partial charge in [-0.25, -0.2) is 9.97 Å². The van der Waals surface area contributed by atoms with Gasteiger partial charge in [-0.3, -0.25) is 9.59 Å². The van der Waals surface area contributed by atoms with Crippen molar-refractivity contribution in [1.82, 2.24) is 14.9 Å². The van der Waals surface area contributed by atoms with Gasteiger partial charge in [0.05, 0.1) is 0 Å². The molecule has 2 heterocycles. The average Bonchev–Trinajstić information content (AvgIpc) is 2.62. The highest BCUT2D eigenvalue weighted by atomic mass is 16.2. The molecule has 24 heavy (non-hydrogen) atoms. The molecule has 0 unspecified atom stereocenters. The number of likely N-dealkylation sites (tertiary alicyclic amines) is 1. The van der Waals surface area contributed by atoms with Crippen LogP contribution in [0.5, 0.6) is 0 Å². The summed E-state index contributed by atoms with van der Waals surface area (Å²) >= 11 is 0. The van der Waals surface area contributed by atoms with Gasteiger partial charge in [0.25, 0.3) is 11.8 Å². The van der Waals surface area contributed by atoms with Crippen molar-refractivity contribution in [3.05, 3.63) is 54.0 Å². The Bertz CT molecular complexity index is 733. The van der Waals surface area contributed by atoms with Crippen molar-refractivity contribution in [3.8, 4) is 0 Å². The second-order valence-electron chi connectivity index (χ2n) is 6.07. The molecule has 6 nitrogen and oxygen atoms in total. The molecule has 1 N–H and O–H groups in total. The van der Waals surface area contributed by atoms with Crippen molar-refractivity contribution >= 4 is 17.6 Å². The smallest absolute Gasteiger partial charge is 0.276 e. The fourth-order valence-corrected chi connectivity index (χ4v) is 2.88. The molecule has 1 saturated heterocycles. The lowest BCUT2D eigenvalue weighted by molar-refractivity contribution is 0.0678. The van der Waals surface area contributed by atoms with Crippen molar-refractivity contribution < 1.29 is 9.59 Å². The number of carbonyl (C=O) groups is 2. The molecular formula is C18H20N4O2. The minimum Gasteiger partial charge on any atom is -0.337 e. The summed E-state index contributed by atoms with van der Waals surface area (Å²) in [5.74, 6) is 0.187. The minimum absolute atomic E-state index is 0.182. The van der Waals surface area contributed by atoms with Crippen molar-refractivity contribution in [2.24, 2.45) is 5.92 Å². The van der Waals surface area contributed by atoms with Gasteiger partial charge in [-0.1, -0.05) is 25.1 Å². The molecule has 0 bridgehead atoms. The van der Waals surface area contributed by atoms with Crippen LogP contribution in [0.2, 0.25) is 0 Å². The van der Waals surface area contributed by atoms with E-state index in [0.29, 0.717) is 24.6 Å². The number of amides is 2. The van der Waals surface area contributed by atoms with Crippen LogP contribution in [-0.4, -0.2) is 39.8 Å². The van der Waals surface area contributed by atoms with Crippen molar-refractivity contribution in [2.45, 2.75) is 19.8 Å². The lowest BCUT2D eigenvalue weighted by Gasteiger charge is -2.30. The maximum absolute atomic E-state index is 12.8. The van der Waals surface area contributed by atoms with Gasteiger partial charge in [0.2, 0.25) is 0 Å². The van der Waals surface area contributed by atoms with E-state index in [-0.39, 0.29) is 23.3 Å². The van der Waals surface area contributed by atoms with Gasteiger partial charge in [-0.15, -0.1) is 0 Å². The largest absolute Gasteiger partial charge is 0.337 e. The summed E-state index contributed by atoms with van der Waals surface area (Å²) in [5, 5.41) is 2.70. The number of piperidine rings is 1. The first-order valence-electron chi connectivity index (χ1n) is 8.12. The molecule has 0 radical (unpaired) electrons. The van der Waals surface area contributed by atoms with Crippen LogP contribution in [0.4, 0.5) is 5.82 Å². The highest BCUT2D eigenvalue weighted by Crippen LogP contribution is 2.20. The predicted octanol–water partition coefficient (Wildman–Crippen LogP) is 2.60. The topological polar surface area (TPSA) is 75.2 Å². The Morgan fingerprint density at radius 1 is 1.17 bits per heavy atom. The molecular weight excluding hydrogens is 304 g/mol. The Kier molecular flexibility index (Phi) is 4.84. The SMILES string of the molecule is C[C@@H]1CCCN(C(=O)c2nccnc2NC(=O)c2ccccc2)C1. The highest BCUT2D eigenvalue weighted by molar-refractivity contribution is 6.07. The Morgan fingerprint density at radius 2 is 1.92 bits per heavy atom. The predicted molar refractivity (Wildman–Crippen MR) is 90.7 cm³/mol. The normalized spacial score (nSPS) is 17.4. The van der Waals surface area contributed by atoms with Crippen LogP contribution in [0, 0.1) is 5.92 Å². The summed E-state index contributed by atoms with van der Waals surface area (Å²) in [7, 11) is 0. The van der Waals surface area contributed by atoms with Crippen molar-refractivity contribution in [1.29, 1.82) is 0 Å². The van der Waals surface area contributed by atoms with Crippen molar-refractivity contribution in [3.63, 3.8) is 0 Å². The Labute approximate surface area is 140 Å². The lowest BCUT2D eigenvalue weighted by Crippen LogP contribution is -2.40. The summed E-state index contributed by atoms with van der Waals surface area (Å²) in [5.41, 5.74) is 0.698. The molecule has 2 aromatic rings. The summed E-state index contributed by atoms with van der Waals surface area (Å²) in [6, 6.07) is 8.82. The maximum atomic E-state index is 12.8. The molecule has 0 spiro atoms. The van der Waals surface area contributed by atoms with E-state index in [1.807, 2.05) is 6.07 Å². The molecule has 0 aliphatic carbocycles. The zero-order valence-corrected chi connectivity index (χ0v) is 13.6. The van der Waals surface area contributed by atoms with Gasteiger partial charge < -0.3 is 10.2 Å². The van der Waals surface area contributed by atoms with E-state index >= 15 is 0 Å². The Hall–Kier alpha value is -2.76. The number of hydrogen-bond donors (Lipinski definition) is 1. The zero-order valence-electron chi connectivity index (χ0n) is 13.6. The number of hydrogen-bond acceptors (Lipinski definition) is 4. The van der Waals surface area contributed by atoms with Gasteiger partial charge in [0.1, 0.15) is 0 Å². The molecule has 1 aliphatic rings. The van der Waals surface area contributed by atoms with Crippen LogP contribution < -0.4 is 5.32 Å². The minimum atomic E-state index is -0.308. The third-order valence-corrected chi connectivity index (χ3v) is 4.11. The first-order valence-corrected chi connectivity index (χ1v) is 8.12. The average molecular weight is 324 g/mol. The van der Waals surface area contributed by atoms with Gasteiger partial charge in [0, 0.05) is 31.0 Å². The standard InChI is InChI=1S/C18H20N4O2/c1-13-6-5-11-22(12-13)18(24)15-16(20-10-9-19-15)21-17(23)14-7-3-2-4-8-14/h2-4,7-10,13H,5-6,11-12H2,1H3,(H,20,21,23)/t13-/m1/s1. The third-order valence-electron chi connectivity index (χ3n) is 4.11. The second kappa shape index (κ2) is 7.21. The van der Waals surface area contributed by atoms with Gasteiger partial charge in [-0.2, -0.15) is 0 Å². The molecule has 1 aromatic carbocycles. The molecule has 6 heteroatoms. The number of rotatable bonds is 3. The first kappa shape index (κ1) is 16.1. The fourth-order valence-electron chi connectivity index (χ4n) is 2.88. The van der Waals surface area contributed by atoms with E-state index in [2.05, 4.69) is 22.2 Å². The van der Waals surface area contributed by atoms with Crippen LogP contribution in [0.15, 0.2) is 42.7 Å².